The van der Waals surface area contributed by atoms with Crippen LogP contribution in [0.15, 0.2) is 52.5 Å². The number of nitrogens with two attached hydrogens (primary N) is 1. The minimum Gasteiger partial charge on any atom is -0.384 e. The third kappa shape index (κ3) is 2.62. The smallest absolute Gasteiger partial charge is 0.135 e. The van der Waals surface area contributed by atoms with Gasteiger partial charge in [0.1, 0.15) is 16.7 Å². The fourth-order valence-corrected chi connectivity index (χ4v) is 2.31. The molecule has 1 aromatic heterocycles. The van der Waals surface area contributed by atoms with E-state index >= 15 is 0 Å². The Hall–Kier alpha value is -1.88. The topological polar surface area (TPSA) is 62.8 Å². The largest absolute Gasteiger partial charge is 0.384 e. The van der Waals surface area contributed by atoms with Crippen LogP contribution in [-0.4, -0.2) is 10.8 Å². The van der Waals surface area contributed by atoms with Crippen LogP contribution in [-0.2, 0) is 0 Å². The summed E-state index contributed by atoms with van der Waals surface area (Å²) in [5.74, 6) is -0.764. The molecule has 17 heavy (non-hydrogen) atoms. The van der Waals surface area contributed by atoms with E-state index in [1.807, 2.05) is 18.2 Å². The number of hydrogen-bond donors (Lipinski definition) is 2. The van der Waals surface area contributed by atoms with Crippen LogP contribution in [0.4, 0.5) is 4.39 Å². The summed E-state index contributed by atoms with van der Waals surface area (Å²) in [4.78, 5) is 4.73. The number of nitrogens with one attached hydrogen (secondary N) is 1. The maximum atomic E-state index is 13.5. The predicted molar refractivity (Wildman–Crippen MR) is 65.8 cm³/mol. The molecule has 86 valence electrons. The summed E-state index contributed by atoms with van der Waals surface area (Å²) in [6, 6.07) is 10.1. The fourth-order valence-electron chi connectivity index (χ4n) is 1.37. The molecule has 5 heteroatoms. The lowest BCUT2D eigenvalue weighted by molar-refractivity contribution is 0.621. The van der Waals surface area contributed by atoms with Gasteiger partial charge >= 0.3 is 0 Å². The van der Waals surface area contributed by atoms with Crippen LogP contribution in [0.5, 0.6) is 0 Å². The number of hydrogen-bond acceptors (Lipinski definition) is 3. The first-order valence-electron chi connectivity index (χ1n) is 4.90. The zero-order valence-electron chi connectivity index (χ0n) is 8.85. The molecule has 0 bridgehead atoms. The molecule has 0 saturated carbocycles. The molecule has 0 aliphatic carbocycles. The molecule has 2 rings (SSSR count). The highest BCUT2D eigenvalue weighted by molar-refractivity contribution is 7.99. The van der Waals surface area contributed by atoms with Crippen molar-refractivity contribution in [2.24, 2.45) is 5.73 Å². The number of amidine groups is 1. The lowest BCUT2D eigenvalue weighted by Crippen LogP contribution is -2.14. The Balaban J connectivity index is 2.40. The van der Waals surface area contributed by atoms with Crippen LogP contribution in [0.2, 0.25) is 0 Å². The van der Waals surface area contributed by atoms with E-state index in [9.17, 15) is 4.39 Å². The number of halogens is 1. The van der Waals surface area contributed by atoms with Crippen molar-refractivity contribution in [1.29, 1.82) is 5.41 Å². The van der Waals surface area contributed by atoms with Crippen molar-refractivity contribution < 1.29 is 4.39 Å². The molecule has 3 N–H and O–H groups in total. The average Bonchev–Trinajstić information content (AvgIpc) is 2.30. The van der Waals surface area contributed by atoms with Crippen LogP contribution in [0.25, 0.3) is 0 Å². The molecule has 2 aromatic rings. The van der Waals surface area contributed by atoms with Gasteiger partial charge in [0.2, 0.25) is 0 Å². The molecule has 0 unspecified atom stereocenters. The third-order valence-corrected chi connectivity index (χ3v) is 3.11. The maximum absolute atomic E-state index is 13.5. The van der Waals surface area contributed by atoms with E-state index < -0.39 is 5.82 Å². The Kier molecular flexibility index (Phi) is 3.39. The van der Waals surface area contributed by atoms with E-state index in [-0.39, 0.29) is 11.4 Å². The second kappa shape index (κ2) is 4.97. The van der Waals surface area contributed by atoms with Crippen LogP contribution in [0.3, 0.4) is 0 Å². The zero-order chi connectivity index (χ0) is 12.3. The van der Waals surface area contributed by atoms with E-state index in [0.29, 0.717) is 4.90 Å². The Morgan fingerprint density at radius 3 is 2.71 bits per heavy atom. The zero-order valence-corrected chi connectivity index (χ0v) is 9.67. The second-order valence-electron chi connectivity index (χ2n) is 3.30. The molecular formula is C12H10FN3S. The highest BCUT2D eigenvalue weighted by Crippen LogP contribution is 2.29. The van der Waals surface area contributed by atoms with Gasteiger partial charge < -0.3 is 5.73 Å². The number of rotatable bonds is 3. The van der Waals surface area contributed by atoms with Crippen LogP contribution < -0.4 is 5.73 Å². The first kappa shape index (κ1) is 11.6. The first-order chi connectivity index (χ1) is 8.18. The Labute approximate surface area is 102 Å². The fraction of sp³-hybridized carbons (Fsp3) is 0. The van der Waals surface area contributed by atoms with Gasteiger partial charge in [-0.15, -0.1) is 0 Å². The quantitative estimate of drug-likeness (QED) is 0.647. The number of benzene rings is 1. The average molecular weight is 247 g/mol. The van der Waals surface area contributed by atoms with E-state index in [1.165, 1.54) is 17.8 Å². The van der Waals surface area contributed by atoms with Crippen LogP contribution in [0, 0.1) is 11.2 Å². The SMILES string of the molecule is N=C(N)c1c(F)cccc1Sc1ccccn1. The summed E-state index contributed by atoms with van der Waals surface area (Å²) in [6.45, 7) is 0. The summed E-state index contributed by atoms with van der Waals surface area (Å²) in [5, 5.41) is 8.12. The normalized spacial score (nSPS) is 10.2. The van der Waals surface area contributed by atoms with E-state index in [0.717, 1.165) is 5.03 Å². The van der Waals surface area contributed by atoms with Gasteiger partial charge in [0, 0.05) is 11.1 Å². The van der Waals surface area contributed by atoms with Crippen molar-refractivity contribution in [2.45, 2.75) is 9.92 Å². The lowest BCUT2D eigenvalue weighted by Gasteiger charge is -2.07. The molecule has 0 aliphatic rings. The van der Waals surface area contributed by atoms with Crippen molar-refractivity contribution in [3.63, 3.8) is 0 Å². The van der Waals surface area contributed by atoms with Crippen molar-refractivity contribution in [3.05, 3.63) is 54.0 Å². The number of nitrogens with zero attached hydrogens (tertiary/aromatic N) is 1. The molecule has 0 spiro atoms. The highest BCUT2D eigenvalue weighted by Gasteiger charge is 2.12. The molecule has 0 saturated heterocycles. The summed E-state index contributed by atoms with van der Waals surface area (Å²) < 4.78 is 13.5. The monoisotopic (exact) mass is 247 g/mol. The van der Waals surface area contributed by atoms with E-state index in [2.05, 4.69) is 4.98 Å². The van der Waals surface area contributed by atoms with Crippen molar-refractivity contribution in [1.82, 2.24) is 4.98 Å². The minimum atomic E-state index is -0.488. The van der Waals surface area contributed by atoms with Crippen molar-refractivity contribution in [2.75, 3.05) is 0 Å². The first-order valence-corrected chi connectivity index (χ1v) is 5.72. The Morgan fingerprint density at radius 1 is 1.24 bits per heavy atom. The van der Waals surface area contributed by atoms with Crippen molar-refractivity contribution >= 4 is 17.6 Å². The van der Waals surface area contributed by atoms with Gasteiger partial charge in [0.15, 0.2) is 0 Å². The van der Waals surface area contributed by atoms with Gasteiger partial charge in [-0.25, -0.2) is 9.37 Å². The van der Waals surface area contributed by atoms with E-state index in [4.69, 9.17) is 11.1 Å². The molecule has 0 aliphatic heterocycles. The summed E-state index contributed by atoms with van der Waals surface area (Å²) in [5.41, 5.74) is 5.51. The van der Waals surface area contributed by atoms with Gasteiger partial charge in [0.05, 0.1) is 5.56 Å². The molecule has 0 fully saturated rings. The van der Waals surface area contributed by atoms with Gasteiger partial charge in [-0.05, 0) is 24.3 Å². The number of nitrogen functional groups attached to an aromatic ring is 1. The highest BCUT2D eigenvalue weighted by atomic mass is 32.2. The van der Waals surface area contributed by atoms with Crippen LogP contribution in [0.1, 0.15) is 5.56 Å². The lowest BCUT2D eigenvalue weighted by atomic mass is 10.2. The number of aromatic nitrogens is 1. The molecule has 0 amide bonds. The van der Waals surface area contributed by atoms with Crippen LogP contribution >= 0.6 is 11.8 Å². The molecule has 0 radical (unpaired) electrons. The third-order valence-electron chi connectivity index (χ3n) is 2.10. The Morgan fingerprint density at radius 2 is 2.06 bits per heavy atom. The standard InChI is InChI=1S/C12H10FN3S/c13-8-4-3-5-9(11(8)12(14)15)17-10-6-1-2-7-16-10/h1-7H,(H3,14,15). The molecular weight excluding hydrogens is 237 g/mol. The van der Waals surface area contributed by atoms with Crippen molar-refractivity contribution in [3.8, 4) is 0 Å². The van der Waals surface area contributed by atoms with Gasteiger partial charge in [-0.2, -0.15) is 0 Å². The predicted octanol–water partition coefficient (Wildman–Crippen LogP) is 2.66. The van der Waals surface area contributed by atoms with Gasteiger partial charge in [-0.1, -0.05) is 23.9 Å². The van der Waals surface area contributed by atoms with Gasteiger partial charge in [0.25, 0.3) is 0 Å². The van der Waals surface area contributed by atoms with Gasteiger partial charge in [-0.3, -0.25) is 5.41 Å². The molecule has 3 nitrogen and oxygen atoms in total. The molecule has 1 heterocycles. The Bertz CT molecular complexity index is 543. The maximum Gasteiger partial charge on any atom is 0.135 e. The molecule has 1 aromatic carbocycles. The molecule has 0 atom stereocenters. The summed E-state index contributed by atoms with van der Waals surface area (Å²) in [7, 11) is 0. The van der Waals surface area contributed by atoms with E-state index in [1.54, 1.807) is 18.3 Å². The second-order valence-corrected chi connectivity index (χ2v) is 4.36. The minimum absolute atomic E-state index is 0.128. The summed E-state index contributed by atoms with van der Waals surface area (Å²) >= 11 is 1.28. The summed E-state index contributed by atoms with van der Waals surface area (Å²) in [6.07, 6.45) is 1.66. The number of pyridine rings is 1.